The molecule has 1 aliphatic rings. The molecule has 93 valence electrons. The Morgan fingerprint density at radius 1 is 1.65 bits per heavy atom. The van der Waals surface area contributed by atoms with Crippen LogP contribution in [0.3, 0.4) is 0 Å². The molecule has 2 heterocycles. The standard InChI is InChI=1S/C9H12N3O4Se/c10-5-1-2-12(9(15)11-5)8-7(17)6(14)4(3-13)16-8/h1-2,4,6-8,13-14H,3H2,(H2,10,11,15)/t4?,6-,7?,8+/m0/s1. The van der Waals surface area contributed by atoms with E-state index in [1.165, 1.54) is 16.8 Å². The minimum absolute atomic E-state index is 0.125. The minimum atomic E-state index is -0.866. The average Bonchev–Trinajstić information content (AvgIpc) is 2.57. The van der Waals surface area contributed by atoms with E-state index in [0.717, 1.165) is 0 Å². The summed E-state index contributed by atoms with van der Waals surface area (Å²) in [6.07, 6.45) is -0.820. The maximum atomic E-state index is 11.6. The van der Waals surface area contributed by atoms with E-state index < -0.39 is 28.9 Å². The van der Waals surface area contributed by atoms with Crippen molar-refractivity contribution in [2.24, 2.45) is 0 Å². The van der Waals surface area contributed by atoms with Crippen LogP contribution in [0.25, 0.3) is 0 Å². The first kappa shape index (κ1) is 12.5. The van der Waals surface area contributed by atoms with E-state index in [2.05, 4.69) is 21.0 Å². The molecule has 0 spiro atoms. The van der Waals surface area contributed by atoms with Gasteiger partial charge in [0.15, 0.2) is 0 Å². The molecule has 8 heteroatoms. The van der Waals surface area contributed by atoms with Gasteiger partial charge in [-0.15, -0.1) is 0 Å². The predicted octanol–water partition coefficient (Wildman–Crippen LogP) is -1.97. The first-order chi connectivity index (χ1) is 8.04. The van der Waals surface area contributed by atoms with Gasteiger partial charge in [-0.1, -0.05) is 0 Å². The fourth-order valence-corrected chi connectivity index (χ4v) is 2.49. The molecule has 0 amide bonds. The van der Waals surface area contributed by atoms with Crippen LogP contribution >= 0.6 is 0 Å². The second kappa shape index (κ2) is 4.75. The van der Waals surface area contributed by atoms with Gasteiger partial charge in [-0.3, -0.25) is 0 Å². The molecule has 4 N–H and O–H groups in total. The van der Waals surface area contributed by atoms with Crippen molar-refractivity contribution in [2.75, 3.05) is 12.3 Å². The molecule has 1 saturated heterocycles. The molecule has 0 bridgehead atoms. The number of hydrogen-bond donors (Lipinski definition) is 3. The first-order valence-electron chi connectivity index (χ1n) is 4.99. The Morgan fingerprint density at radius 3 is 2.88 bits per heavy atom. The topological polar surface area (TPSA) is 111 Å². The van der Waals surface area contributed by atoms with Gasteiger partial charge in [-0.2, -0.15) is 0 Å². The molecule has 1 fully saturated rings. The Labute approximate surface area is 105 Å². The van der Waals surface area contributed by atoms with Gasteiger partial charge in [0, 0.05) is 0 Å². The van der Waals surface area contributed by atoms with Crippen molar-refractivity contribution in [3.05, 3.63) is 22.7 Å². The Morgan fingerprint density at radius 2 is 2.35 bits per heavy atom. The van der Waals surface area contributed by atoms with Crippen LogP contribution in [0.4, 0.5) is 5.82 Å². The van der Waals surface area contributed by atoms with Crippen LogP contribution in [0.15, 0.2) is 17.1 Å². The van der Waals surface area contributed by atoms with Gasteiger partial charge in [-0.05, 0) is 0 Å². The number of anilines is 1. The van der Waals surface area contributed by atoms with E-state index in [0.29, 0.717) is 0 Å². The second-order valence-electron chi connectivity index (χ2n) is 3.75. The zero-order chi connectivity index (χ0) is 12.6. The number of aliphatic hydroxyl groups excluding tert-OH is 2. The SMILES string of the molecule is Nc1ccn([C@@H]2OC(CO)[C@H](O)C2[Se])c(=O)n1. The van der Waals surface area contributed by atoms with Crippen LogP contribution in [0, 0.1) is 0 Å². The zero-order valence-corrected chi connectivity index (χ0v) is 10.5. The molecule has 0 aliphatic carbocycles. The van der Waals surface area contributed by atoms with E-state index >= 15 is 0 Å². The molecule has 1 aromatic heterocycles. The monoisotopic (exact) mass is 306 g/mol. The molecule has 0 saturated carbocycles. The number of nitrogen functional groups attached to an aromatic ring is 1. The molecular weight excluding hydrogens is 293 g/mol. The molecule has 1 aromatic rings. The van der Waals surface area contributed by atoms with Crippen LogP contribution in [0.2, 0.25) is 4.82 Å². The van der Waals surface area contributed by atoms with Gasteiger partial charge in [0.2, 0.25) is 0 Å². The molecule has 4 atom stereocenters. The van der Waals surface area contributed by atoms with Crippen molar-refractivity contribution in [3.63, 3.8) is 0 Å². The summed E-state index contributed by atoms with van der Waals surface area (Å²) in [6, 6.07) is 1.47. The Bertz CT molecular complexity index is 466. The third-order valence-corrected chi connectivity index (χ3v) is 3.69. The summed E-state index contributed by atoms with van der Waals surface area (Å²) in [5.74, 6) is 0.125. The molecule has 1 aliphatic heterocycles. The maximum absolute atomic E-state index is 11.6. The summed E-state index contributed by atoms with van der Waals surface area (Å²) in [5, 5.41) is 18.8. The van der Waals surface area contributed by atoms with Crippen molar-refractivity contribution in [3.8, 4) is 0 Å². The molecule has 2 unspecified atom stereocenters. The summed E-state index contributed by atoms with van der Waals surface area (Å²) in [5.41, 5.74) is 4.82. The van der Waals surface area contributed by atoms with Gasteiger partial charge in [0.25, 0.3) is 0 Å². The van der Waals surface area contributed by atoms with Crippen molar-refractivity contribution in [2.45, 2.75) is 23.3 Å². The summed E-state index contributed by atoms with van der Waals surface area (Å²) >= 11 is 2.74. The van der Waals surface area contributed by atoms with E-state index in [4.69, 9.17) is 15.6 Å². The average molecular weight is 305 g/mol. The second-order valence-corrected chi connectivity index (χ2v) is 4.89. The number of rotatable bonds is 2. The van der Waals surface area contributed by atoms with Gasteiger partial charge in [0.05, 0.1) is 0 Å². The Kier molecular flexibility index (Phi) is 3.50. The number of nitrogens with zero attached hydrogens (tertiary/aromatic N) is 2. The van der Waals surface area contributed by atoms with E-state index in [1.807, 2.05) is 0 Å². The number of aliphatic hydroxyl groups is 2. The van der Waals surface area contributed by atoms with Gasteiger partial charge in [-0.25, -0.2) is 0 Å². The van der Waals surface area contributed by atoms with Gasteiger partial charge < -0.3 is 0 Å². The normalized spacial score (nSPS) is 32.9. The van der Waals surface area contributed by atoms with Crippen LogP contribution in [-0.4, -0.2) is 54.6 Å². The Balaban J connectivity index is 2.32. The summed E-state index contributed by atoms with van der Waals surface area (Å²) in [7, 11) is 0. The third-order valence-electron chi connectivity index (χ3n) is 2.62. The number of hydrogen-bond acceptors (Lipinski definition) is 6. The summed E-state index contributed by atoms with van der Waals surface area (Å²) in [6.45, 7) is -0.313. The zero-order valence-electron chi connectivity index (χ0n) is 8.76. The van der Waals surface area contributed by atoms with Crippen molar-refractivity contribution in [1.29, 1.82) is 0 Å². The van der Waals surface area contributed by atoms with Crippen LogP contribution < -0.4 is 11.4 Å². The van der Waals surface area contributed by atoms with Crippen LogP contribution in [0.5, 0.6) is 0 Å². The predicted molar refractivity (Wildman–Crippen MR) is 59.4 cm³/mol. The quantitative estimate of drug-likeness (QED) is 0.547. The van der Waals surface area contributed by atoms with Crippen LogP contribution in [0.1, 0.15) is 6.23 Å². The summed E-state index contributed by atoms with van der Waals surface area (Å²) < 4.78 is 6.63. The number of ether oxygens (including phenoxy) is 1. The molecule has 2 rings (SSSR count). The van der Waals surface area contributed by atoms with E-state index in [9.17, 15) is 9.90 Å². The fraction of sp³-hybridized carbons (Fsp3) is 0.556. The first-order valence-corrected chi connectivity index (χ1v) is 5.98. The number of aromatic nitrogens is 2. The third kappa shape index (κ3) is 2.22. The Hall–Kier alpha value is -0.921. The molecular formula is C9H12N3O4Se. The van der Waals surface area contributed by atoms with E-state index in [-0.39, 0.29) is 12.4 Å². The van der Waals surface area contributed by atoms with Crippen molar-refractivity contribution in [1.82, 2.24) is 9.55 Å². The molecule has 7 nitrogen and oxygen atoms in total. The van der Waals surface area contributed by atoms with Crippen LogP contribution in [-0.2, 0) is 4.74 Å². The number of nitrogens with two attached hydrogens (primary N) is 1. The van der Waals surface area contributed by atoms with Gasteiger partial charge >= 0.3 is 105 Å². The summed E-state index contributed by atoms with van der Waals surface area (Å²) in [4.78, 5) is 14.7. The van der Waals surface area contributed by atoms with Crippen molar-refractivity contribution >= 4 is 21.8 Å². The molecule has 0 aromatic carbocycles. The van der Waals surface area contributed by atoms with Gasteiger partial charge in [0.1, 0.15) is 0 Å². The van der Waals surface area contributed by atoms with Crippen molar-refractivity contribution < 1.29 is 14.9 Å². The fourth-order valence-electron chi connectivity index (χ4n) is 1.71. The molecule has 17 heavy (non-hydrogen) atoms. The van der Waals surface area contributed by atoms with E-state index in [1.54, 1.807) is 0 Å². The molecule has 1 radical (unpaired) electrons.